The lowest BCUT2D eigenvalue weighted by Gasteiger charge is -2.11. The van der Waals surface area contributed by atoms with E-state index in [9.17, 15) is 4.79 Å². The third-order valence-corrected chi connectivity index (χ3v) is 2.05. The minimum Gasteiger partial charge on any atom is -0.387 e. The van der Waals surface area contributed by atoms with E-state index in [0.29, 0.717) is 5.82 Å². The Kier molecular flexibility index (Phi) is 1.73. The van der Waals surface area contributed by atoms with Crippen LogP contribution in [0.1, 0.15) is 18.7 Å². The largest absolute Gasteiger partial charge is 0.387 e. The number of nitrogens with one attached hydrogen (secondary N) is 2. The fourth-order valence-corrected chi connectivity index (χ4v) is 1.20. The first-order chi connectivity index (χ1) is 6.27. The van der Waals surface area contributed by atoms with Gasteiger partial charge in [0.2, 0.25) is 5.91 Å². The maximum absolute atomic E-state index is 10.9. The predicted molar refractivity (Wildman–Crippen MR) is 40.3 cm³/mol. The monoisotopic (exact) mass is 183 g/mol. The van der Waals surface area contributed by atoms with E-state index in [1.807, 2.05) is 0 Å². The summed E-state index contributed by atoms with van der Waals surface area (Å²) >= 11 is 0. The highest BCUT2D eigenvalue weighted by atomic mass is 16.3. The molecule has 70 valence electrons. The summed E-state index contributed by atoms with van der Waals surface area (Å²) < 4.78 is 0. The first-order valence-corrected chi connectivity index (χ1v) is 3.93. The first kappa shape index (κ1) is 8.11. The zero-order chi connectivity index (χ0) is 9.31. The average Bonchev–Trinajstić information content (AvgIpc) is 2.70. The normalized spacial score (nSPS) is 18.2. The Hall–Kier alpha value is -1.50. The summed E-state index contributed by atoms with van der Waals surface area (Å²) in [6.07, 6.45) is 1.58. The van der Waals surface area contributed by atoms with Gasteiger partial charge in [0.05, 0.1) is 0 Å². The molecular weight excluding hydrogens is 174 g/mol. The zero-order valence-corrected chi connectivity index (χ0v) is 6.82. The number of aromatic amines is 1. The molecule has 7 heteroatoms. The highest BCUT2D eigenvalue weighted by Crippen LogP contribution is 2.43. The van der Waals surface area contributed by atoms with Gasteiger partial charge in [0.1, 0.15) is 12.1 Å². The highest BCUT2D eigenvalue weighted by molar-refractivity contribution is 5.78. The Morgan fingerprint density at radius 1 is 1.69 bits per heavy atom. The van der Waals surface area contributed by atoms with Gasteiger partial charge in [-0.15, -0.1) is 10.2 Å². The van der Waals surface area contributed by atoms with Crippen LogP contribution in [-0.4, -0.2) is 38.2 Å². The van der Waals surface area contributed by atoms with Crippen LogP contribution in [-0.2, 0) is 10.3 Å². The van der Waals surface area contributed by atoms with Crippen LogP contribution in [0.5, 0.6) is 0 Å². The first-order valence-electron chi connectivity index (χ1n) is 3.93. The second-order valence-electron chi connectivity index (χ2n) is 3.02. The smallest absolute Gasteiger partial charge is 0.246 e. The van der Waals surface area contributed by atoms with Crippen molar-refractivity contribution in [3.63, 3.8) is 0 Å². The summed E-state index contributed by atoms with van der Waals surface area (Å²) in [7, 11) is 0. The number of nitrogens with zero attached hydrogens (tertiary/aromatic N) is 3. The van der Waals surface area contributed by atoms with Gasteiger partial charge in [-0.3, -0.25) is 4.79 Å². The molecule has 1 aliphatic rings. The number of rotatable bonds is 3. The van der Waals surface area contributed by atoms with Gasteiger partial charge in [-0.25, -0.2) is 0 Å². The Labute approximate surface area is 73.5 Å². The number of H-pyrrole nitrogens is 1. The molecule has 3 N–H and O–H groups in total. The van der Waals surface area contributed by atoms with Crippen molar-refractivity contribution in [3.8, 4) is 0 Å². The molecule has 1 aliphatic carbocycles. The molecule has 0 spiro atoms. The minimum atomic E-state index is -0.514. The van der Waals surface area contributed by atoms with Gasteiger partial charge in [0.25, 0.3) is 0 Å². The quantitative estimate of drug-likeness (QED) is 0.518. The fourth-order valence-electron chi connectivity index (χ4n) is 1.20. The number of amides is 1. The molecule has 1 aromatic rings. The van der Waals surface area contributed by atoms with Crippen molar-refractivity contribution in [1.82, 2.24) is 25.9 Å². The van der Waals surface area contributed by atoms with E-state index in [-0.39, 0.29) is 0 Å². The van der Waals surface area contributed by atoms with E-state index >= 15 is 0 Å². The number of carbonyl (C=O) groups excluding carboxylic acids is 1. The van der Waals surface area contributed by atoms with Crippen LogP contribution in [0.15, 0.2) is 0 Å². The summed E-state index contributed by atoms with van der Waals surface area (Å²) in [6, 6.07) is 0. The van der Waals surface area contributed by atoms with E-state index in [4.69, 9.17) is 5.11 Å². The third-order valence-electron chi connectivity index (χ3n) is 2.05. The van der Waals surface area contributed by atoms with Crippen LogP contribution in [0, 0.1) is 0 Å². The lowest BCUT2D eigenvalue weighted by molar-refractivity contribution is -0.124. The van der Waals surface area contributed by atoms with Crippen molar-refractivity contribution in [2.75, 3.05) is 6.61 Å². The van der Waals surface area contributed by atoms with E-state index in [0.717, 1.165) is 12.8 Å². The van der Waals surface area contributed by atoms with Crippen LogP contribution in [0.2, 0.25) is 0 Å². The standard InChI is InChI=1S/C6H9N5O2/c12-3-4(13)7-6(1-2-6)5-8-10-11-9-5/h12H,1-3H2,(H,7,13)(H,8,9,10,11). The molecule has 7 nitrogen and oxygen atoms in total. The van der Waals surface area contributed by atoms with Gasteiger partial charge < -0.3 is 10.4 Å². The molecule has 0 saturated heterocycles. The Morgan fingerprint density at radius 3 is 2.92 bits per heavy atom. The Morgan fingerprint density at radius 2 is 2.46 bits per heavy atom. The van der Waals surface area contributed by atoms with Crippen LogP contribution < -0.4 is 5.32 Å². The molecule has 1 aromatic heterocycles. The Balaban J connectivity index is 2.10. The number of hydrogen-bond acceptors (Lipinski definition) is 5. The predicted octanol–water partition coefficient (Wildman–Crippen LogP) is -1.70. The summed E-state index contributed by atoms with van der Waals surface area (Å²) in [5, 5.41) is 24.5. The summed E-state index contributed by atoms with van der Waals surface area (Å²) in [5.74, 6) is 0.0663. The number of tetrazole rings is 1. The van der Waals surface area contributed by atoms with Gasteiger partial charge in [0, 0.05) is 0 Å². The van der Waals surface area contributed by atoms with Crippen molar-refractivity contribution < 1.29 is 9.90 Å². The van der Waals surface area contributed by atoms with Crippen molar-refractivity contribution in [3.05, 3.63) is 5.82 Å². The molecule has 0 atom stereocenters. The van der Waals surface area contributed by atoms with Crippen LogP contribution >= 0.6 is 0 Å². The van der Waals surface area contributed by atoms with Crippen LogP contribution in [0.4, 0.5) is 0 Å². The van der Waals surface area contributed by atoms with Crippen molar-refractivity contribution in [1.29, 1.82) is 0 Å². The molecular formula is C6H9N5O2. The van der Waals surface area contributed by atoms with Gasteiger partial charge in [-0.05, 0) is 12.8 Å². The fraction of sp³-hybridized carbons (Fsp3) is 0.667. The van der Waals surface area contributed by atoms with Gasteiger partial charge in [-0.1, -0.05) is 5.21 Å². The second-order valence-corrected chi connectivity index (χ2v) is 3.02. The van der Waals surface area contributed by atoms with Gasteiger partial charge >= 0.3 is 0 Å². The molecule has 0 aromatic carbocycles. The molecule has 1 heterocycles. The molecule has 1 fully saturated rings. The molecule has 0 radical (unpaired) electrons. The van der Waals surface area contributed by atoms with Crippen molar-refractivity contribution in [2.24, 2.45) is 0 Å². The van der Waals surface area contributed by atoms with E-state index in [1.54, 1.807) is 0 Å². The maximum Gasteiger partial charge on any atom is 0.246 e. The molecule has 13 heavy (non-hydrogen) atoms. The third kappa shape index (κ3) is 1.37. The van der Waals surface area contributed by atoms with E-state index in [1.165, 1.54) is 0 Å². The van der Waals surface area contributed by atoms with Gasteiger partial charge in [-0.2, -0.15) is 5.21 Å². The number of carbonyl (C=O) groups is 1. The maximum atomic E-state index is 10.9. The topological polar surface area (TPSA) is 104 Å². The van der Waals surface area contributed by atoms with Crippen LogP contribution in [0.3, 0.4) is 0 Å². The molecule has 1 saturated carbocycles. The SMILES string of the molecule is O=C(CO)NC1(c2nn[nH]n2)CC1. The number of aliphatic hydroxyl groups excluding tert-OH is 1. The number of aliphatic hydroxyl groups is 1. The van der Waals surface area contributed by atoms with E-state index in [2.05, 4.69) is 25.9 Å². The Bertz CT molecular complexity index is 305. The second kappa shape index (κ2) is 2.77. The zero-order valence-electron chi connectivity index (χ0n) is 6.82. The van der Waals surface area contributed by atoms with Crippen molar-refractivity contribution in [2.45, 2.75) is 18.4 Å². The summed E-state index contributed by atoms with van der Waals surface area (Å²) in [5.41, 5.74) is -0.479. The number of hydrogen-bond donors (Lipinski definition) is 3. The van der Waals surface area contributed by atoms with Gasteiger partial charge in [0.15, 0.2) is 5.82 Å². The molecule has 2 rings (SSSR count). The average molecular weight is 183 g/mol. The molecule has 1 amide bonds. The lowest BCUT2D eigenvalue weighted by Crippen LogP contribution is -2.37. The van der Waals surface area contributed by atoms with E-state index < -0.39 is 18.1 Å². The minimum absolute atomic E-state index is 0.415. The molecule has 0 bridgehead atoms. The number of aromatic nitrogens is 4. The lowest BCUT2D eigenvalue weighted by atomic mass is 10.2. The summed E-state index contributed by atoms with van der Waals surface area (Å²) in [6.45, 7) is -0.514. The molecule has 0 aliphatic heterocycles. The summed E-state index contributed by atoms with van der Waals surface area (Å²) in [4.78, 5) is 10.9. The van der Waals surface area contributed by atoms with Crippen molar-refractivity contribution >= 4 is 5.91 Å². The highest BCUT2D eigenvalue weighted by Gasteiger charge is 2.49. The molecule has 0 unspecified atom stereocenters. The van der Waals surface area contributed by atoms with Crippen LogP contribution in [0.25, 0.3) is 0 Å².